The molecule has 5 rings (SSSR count). The lowest BCUT2D eigenvalue weighted by Crippen LogP contribution is -2.60. The van der Waals surface area contributed by atoms with E-state index < -0.39 is 0 Å². The number of nitrogens with one attached hydrogen (secondary N) is 1. The summed E-state index contributed by atoms with van der Waals surface area (Å²) < 4.78 is 18.7. The number of hydrogen-bond donors (Lipinski definition) is 1. The van der Waals surface area contributed by atoms with Crippen molar-refractivity contribution in [2.75, 3.05) is 41.9 Å². The molecule has 0 aromatic heterocycles. The number of hydrogen-bond acceptors (Lipinski definition) is 4. The molecule has 5 nitrogen and oxygen atoms in total. The number of anilines is 3. The van der Waals surface area contributed by atoms with Crippen molar-refractivity contribution in [3.63, 3.8) is 0 Å². The van der Waals surface area contributed by atoms with Gasteiger partial charge in [-0.2, -0.15) is 0 Å². The van der Waals surface area contributed by atoms with Crippen molar-refractivity contribution >= 4 is 23.0 Å². The van der Waals surface area contributed by atoms with Crippen LogP contribution < -0.4 is 19.9 Å². The number of fused-ring (bicyclic) bond motifs is 3. The molecule has 1 N–H and O–H groups in total. The molecule has 0 unspecified atom stereocenters. The second-order valence-electron chi connectivity index (χ2n) is 8.34. The maximum absolute atomic E-state index is 13.4. The highest BCUT2D eigenvalue weighted by Crippen LogP contribution is 2.37. The summed E-state index contributed by atoms with van der Waals surface area (Å²) in [6, 6.07) is 22.4. The summed E-state index contributed by atoms with van der Waals surface area (Å²) in [7, 11) is 1.67. The van der Waals surface area contributed by atoms with Crippen molar-refractivity contribution < 1.29 is 13.9 Å². The van der Waals surface area contributed by atoms with Gasteiger partial charge < -0.3 is 19.9 Å². The Morgan fingerprint density at radius 1 is 1.03 bits per heavy atom. The van der Waals surface area contributed by atoms with Crippen LogP contribution in [0.2, 0.25) is 0 Å². The molecule has 3 aromatic carbocycles. The third-order valence-electron chi connectivity index (χ3n) is 6.49. The second-order valence-corrected chi connectivity index (χ2v) is 8.34. The predicted molar refractivity (Wildman–Crippen MR) is 125 cm³/mol. The number of benzene rings is 3. The van der Waals surface area contributed by atoms with E-state index in [1.54, 1.807) is 19.2 Å². The Balaban J connectivity index is 1.44. The number of para-hydroxylation sites is 1. The number of carbonyl (C=O) groups excluding carboxylic acids is 1. The Hall–Kier alpha value is -3.54. The first kappa shape index (κ1) is 20.4. The van der Waals surface area contributed by atoms with Crippen LogP contribution in [0.4, 0.5) is 21.5 Å². The van der Waals surface area contributed by atoms with Gasteiger partial charge in [-0.1, -0.05) is 24.3 Å². The van der Waals surface area contributed by atoms with Gasteiger partial charge in [-0.15, -0.1) is 0 Å². The molecule has 2 atom stereocenters. The molecule has 2 aliphatic heterocycles. The molecule has 1 amide bonds. The first-order valence-corrected chi connectivity index (χ1v) is 10.9. The maximum Gasteiger partial charge on any atom is 0.229 e. The minimum Gasteiger partial charge on any atom is -0.497 e. The number of halogens is 1. The quantitative estimate of drug-likeness (QED) is 0.668. The molecular weight excluding hydrogens is 405 g/mol. The van der Waals surface area contributed by atoms with Crippen LogP contribution in [-0.4, -0.2) is 38.7 Å². The van der Waals surface area contributed by atoms with Gasteiger partial charge in [-0.3, -0.25) is 4.79 Å². The molecule has 0 bridgehead atoms. The highest BCUT2D eigenvalue weighted by atomic mass is 19.1. The standard InChI is InChI=1S/C26H26FN3O2/c1-32-22-7-4-6-21(16-22)29-13-14-30-24-8-3-2-5-18(24)15-23(25(30)17-29)26(31)28-20-11-9-19(27)10-12-20/h2-12,16,23,25H,13-15,17H2,1H3,(H,28,31)/t23-,25+/m1/s1. The van der Waals surface area contributed by atoms with E-state index in [1.165, 1.54) is 23.4 Å². The molecule has 6 heteroatoms. The van der Waals surface area contributed by atoms with E-state index >= 15 is 0 Å². The summed E-state index contributed by atoms with van der Waals surface area (Å²) in [6.45, 7) is 2.44. The molecule has 2 heterocycles. The number of rotatable bonds is 4. The van der Waals surface area contributed by atoms with E-state index in [4.69, 9.17) is 4.74 Å². The Morgan fingerprint density at radius 3 is 2.66 bits per heavy atom. The van der Waals surface area contributed by atoms with E-state index in [0.717, 1.165) is 31.1 Å². The zero-order valence-corrected chi connectivity index (χ0v) is 18.0. The van der Waals surface area contributed by atoms with Gasteiger partial charge >= 0.3 is 0 Å². The van der Waals surface area contributed by atoms with Crippen molar-refractivity contribution in [1.82, 2.24) is 0 Å². The van der Waals surface area contributed by atoms with Gasteiger partial charge in [0.2, 0.25) is 5.91 Å². The molecule has 0 radical (unpaired) electrons. The van der Waals surface area contributed by atoms with E-state index in [2.05, 4.69) is 39.4 Å². The minimum absolute atomic E-state index is 0.0327. The van der Waals surface area contributed by atoms with Crippen molar-refractivity contribution in [2.45, 2.75) is 12.5 Å². The monoisotopic (exact) mass is 431 g/mol. The third kappa shape index (κ3) is 3.88. The van der Waals surface area contributed by atoms with Gasteiger partial charge in [0.1, 0.15) is 11.6 Å². The lowest BCUT2D eigenvalue weighted by atomic mass is 9.83. The molecule has 1 fully saturated rings. The van der Waals surface area contributed by atoms with Crippen LogP contribution in [0.15, 0.2) is 72.8 Å². The molecule has 164 valence electrons. The second kappa shape index (κ2) is 8.54. The average Bonchev–Trinajstić information content (AvgIpc) is 2.84. The van der Waals surface area contributed by atoms with E-state index in [-0.39, 0.29) is 23.7 Å². The molecule has 32 heavy (non-hydrogen) atoms. The van der Waals surface area contributed by atoms with E-state index in [1.807, 2.05) is 24.3 Å². The molecule has 0 spiro atoms. The number of carbonyl (C=O) groups is 1. The summed E-state index contributed by atoms with van der Waals surface area (Å²) >= 11 is 0. The van der Waals surface area contributed by atoms with Crippen molar-refractivity contribution in [3.05, 3.63) is 84.2 Å². The van der Waals surface area contributed by atoms with Crippen LogP contribution in [-0.2, 0) is 11.2 Å². The Morgan fingerprint density at radius 2 is 1.84 bits per heavy atom. The maximum atomic E-state index is 13.4. The van der Waals surface area contributed by atoms with Crippen molar-refractivity contribution in [2.24, 2.45) is 5.92 Å². The Bertz CT molecular complexity index is 1120. The van der Waals surface area contributed by atoms with Crippen LogP contribution in [0, 0.1) is 11.7 Å². The van der Waals surface area contributed by atoms with Gasteiger partial charge in [0.05, 0.1) is 19.1 Å². The normalized spacial score (nSPS) is 19.7. The zero-order chi connectivity index (χ0) is 22.1. The zero-order valence-electron chi connectivity index (χ0n) is 18.0. The summed E-state index contributed by atoms with van der Waals surface area (Å²) in [5.74, 6) is 0.253. The van der Waals surface area contributed by atoms with Crippen LogP contribution in [0.1, 0.15) is 5.56 Å². The average molecular weight is 432 g/mol. The fourth-order valence-corrected chi connectivity index (χ4v) is 4.87. The number of piperazine rings is 1. The fourth-order valence-electron chi connectivity index (χ4n) is 4.87. The number of nitrogens with zero attached hydrogens (tertiary/aromatic N) is 2. The van der Waals surface area contributed by atoms with Gasteiger partial charge in [0.25, 0.3) is 0 Å². The van der Waals surface area contributed by atoms with Crippen molar-refractivity contribution in [1.29, 1.82) is 0 Å². The van der Waals surface area contributed by atoms with E-state index in [0.29, 0.717) is 12.1 Å². The highest BCUT2D eigenvalue weighted by molar-refractivity contribution is 5.94. The first-order chi connectivity index (χ1) is 15.6. The van der Waals surface area contributed by atoms with Crippen LogP contribution >= 0.6 is 0 Å². The van der Waals surface area contributed by atoms with Gasteiger partial charge in [-0.05, 0) is 54.4 Å². The highest BCUT2D eigenvalue weighted by Gasteiger charge is 2.41. The third-order valence-corrected chi connectivity index (χ3v) is 6.49. The van der Waals surface area contributed by atoms with Crippen molar-refractivity contribution in [3.8, 4) is 5.75 Å². The largest absolute Gasteiger partial charge is 0.497 e. The Kier molecular flexibility index (Phi) is 5.43. The molecule has 3 aromatic rings. The van der Waals surface area contributed by atoms with E-state index in [9.17, 15) is 9.18 Å². The lowest BCUT2D eigenvalue weighted by molar-refractivity contribution is -0.120. The summed E-state index contributed by atoms with van der Waals surface area (Å²) in [4.78, 5) is 18.1. The van der Waals surface area contributed by atoms with Gasteiger partial charge in [-0.25, -0.2) is 4.39 Å². The molecular formula is C26H26FN3O2. The summed E-state index contributed by atoms with van der Waals surface area (Å²) in [5.41, 5.74) is 4.12. The SMILES string of the molecule is COc1cccc(N2CCN3c4ccccc4C[C@@H](C(=O)Nc4ccc(F)cc4)[C@@H]3C2)c1. The molecule has 0 aliphatic carbocycles. The predicted octanol–water partition coefficient (Wildman–Crippen LogP) is 4.34. The van der Waals surface area contributed by atoms with Gasteiger partial charge in [0.15, 0.2) is 0 Å². The molecule has 1 saturated heterocycles. The van der Waals surface area contributed by atoms with Crippen LogP contribution in [0.3, 0.4) is 0 Å². The Labute approximate surface area is 187 Å². The number of methoxy groups -OCH3 is 1. The van der Waals surface area contributed by atoms with Crippen LogP contribution in [0.25, 0.3) is 0 Å². The topological polar surface area (TPSA) is 44.8 Å². The van der Waals surface area contributed by atoms with Gasteiger partial charge in [0, 0.05) is 42.8 Å². The summed E-state index contributed by atoms with van der Waals surface area (Å²) in [5, 5.41) is 3.00. The number of ether oxygens (including phenoxy) is 1. The van der Waals surface area contributed by atoms with Crippen LogP contribution in [0.5, 0.6) is 5.75 Å². The minimum atomic E-state index is -0.318. The molecule has 2 aliphatic rings. The smallest absolute Gasteiger partial charge is 0.229 e. The summed E-state index contributed by atoms with van der Waals surface area (Å²) in [6.07, 6.45) is 0.677. The molecule has 0 saturated carbocycles. The lowest BCUT2D eigenvalue weighted by Gasteiger charge is -2.49. The first-order valence-electron chi connectivity index (χ1n) is 10.9. The fraction of sp³-hybridized carbons (Fsp3) is 0.269. The number of amides is 1.